The van der Waals surface area contributed by atoms with Crippen LogP contribution in [0.4, 0.5) is 0 Å². The molecule has 2 rings (SSSR count). The summed E-state index contributed by atoms with van der Waals surface area (Å²) in [6.45, 7) is 7.53. The predicted molar refractivity (Wildman–Crippen MR) is 123 cm³/mol. The second-order valence-corrected chi connectivity index (χ2v) is 8.08. The molecule has 0 spiro atoms. The van der Waals surface area contributed by atoms with E-state index in [1.54, 1.807) is 6.08 Å². The molecule has 0 aliphatic rings. The van der Waals surface area contributed by atoms with Crippen molar-refractivity contribution in [2.75, 3.05) is 13.2 Å². The van der Waals surface area contributed by atoms with Crippen LogP contribution in [0, 0.1) is 5.92 Å². The zero-order valence-corrected chi connectivity index (χ0v) is 18.6. The van der Waals surface area contributed by atoms with Crippen molar-refractivity contribution >= 4 is 16.8 Å². The van der Waals surface area contributed by atoms with Crippen molar-refractivity contribution in [2.24, 2.45) is 5.92 Å². The molecule has 5 heteroatoms. The first-order valence-corrected chi connectivity index (χ1v) is 11.0. The Bertz CT molecular complexity index is 843. The van der Waals surface area contributed by atoms with E-state index >= 15 is 0 Å². The number of hydrogen-bond donors (Lipinski definition) is 1. The standard InChI is InChI=1S/C25H35N3O2/c1-20(2)19-26-24(29)17-21(3)13-9-7-5-4-6-8-12-16-30-25-18-22-14-10-11-15-23(22)27-28-25/h9-11,13-15,17-18,20H,4-8,12,16,19H2,1-3H3,(H,26,29). The molecule has 162 valence electrons. The van der Waals surface area contributed by atoms with E-state index in [9.17, 15) is 4.79 Å². The van der Waals surface area contributed by atoms with Crippen LogP contribution in [0.25, 0.3) is 10.9 Å². The van der Waals surface area contributed by atoms with Crippen LogP contribution >= 0.6 is 0 Å². The number of unbranched alkanes of at least 4 members (excludes halogenated alkanes) is 5. The van der Waals surface area contributed by atoms with E-state index in [4.69, 9.17) is 4.74 Å². The van der Waals surface area contributed by atoms with Crippen molar-refractivity contribution in [3.8, 4) is 5.88 Å². The Balaban J connectivity index is 1.50. The fourth-order valence-corrected chi connectivity index (χ4v) is 2.99. The number of benzene rings is 1. The van der Waals surface area contributed by atoms with Gasteiger partial charge in [0.15, 0.2) is 0 Å². The van der Waals surface area contributed by atoms with E-state index in [0.717, 1.165) is 35.7 Å². The first kappa shape index (κ1) is 23.6. The van der Waals surface area contributed by atoms with Gasteiger partial charge in [-0.05, 0) is 43.7 Å². The molecular formula is C25H35N3O2. The first-order chi connectivity index (χ1) is 14.5. The van der Waals surface area contributed by atoms with Crippen molar-refractivity contribution in [3.05, 3.63) is 54.1 Å². The second-order valence-electron chi connectivity index (χ2n) is 8.08. The van der Waals surface area contributed by atoms with E-state index in [-0.39, 0.29) is 5.91 Å². The molecule has 0 unspecified atom stereocenters. The van der Waals surface area contributed by atoms with Crippen molar-refractivity contribution < 1.29 is 9.53 Å². The summed E-state index contributed by atoms with van der Waals surface area (Å²) in [4.78, 5) is 11.7. The number of rotatable bonds is 13. The van der Waals surface area contributed by atoms with Gasteiger partial charge in [-0.15, -0.1) is 10.2 Å². The topological polar surface area (TPSA) is 64.1 Å². The summed E-state index contributed by atoms with van der Waals surface area (Å²) in [5, 5.41) is 12.2. The number of carbonyl (C=O) groups is 1. The van der Waals surface area contributed by atoms with Gasteiger partial charge in [0.25, 0.3) is 0 Å². The molecule has 1 amide bonds. The number of amides is 1. The molecule has 0 fully saturated rings. The summed E-state index contributed by atoms with van der Waals surface area (Å²) in [5.41, 5.74) is 1.88. The fraction of sp³-hybridized carbons (Fsp3) is 0.480. The highest BCUT2D eigenvalue weighted by Crippen LogP contribution is 2.15. The van der Waals surface area contributed by atoms with Crippen LogP contribution in [0.3, 0.4) is 0 Å². The molecule has 0 saturated carbocycles. The lowest BCUT2D eigenvalue weighted by Gasteiger charge is -2.05. The van der Waals surface area contributed by atoms with E-state index in [1.807, 2.05) is 43.3 Å². The van der Waals surface area contributed by atoms with E-state index in [0.29, 0.717) is 24.9 Å². The minimum Gasteiger partial charge on any atom is -0.477 e. The van der Waals surface area contributed by atoms with Crippen LogP contribution in [-0.2, 0) is 4.79 Å². The van der Waals surface area contributed by atoms with E-state index < -0.39 is 0 Å². The molecular weight excluding hydrogens is 374 g/mol. The molecule has 1 heterocycles. The van der Waals surface area contributed by atoms with Gasteiger partial charge in [0.05, 0.1) is 12.1 Å². The molecule has 0 saturated heterocycles. The zero-order valence-electron chi connectivity index (χ0n) is 18.6. The van der Waals surface area contributed by atoms with Gasteiger partial charge in [-0.25, -0.2) is 0 Å². The monoisotopic (exact) mass is 409 g/mol. The zero-order chi connectivity index (χ0) is 21.6. The molecule has 0 bridgehead atoms. The van der Waals surface area contributed by atoms with Gasteiger partial charge < -0.3 is 10.1 Å². The van der Waals surface area contributed by atoms with Gasteiger partial charge in [0.1, 0.15) is 0 Å². The Morgan fingerprint density at radius 1 is 1.10 bits per heavy atom. The van der Waals surface area contributed by atoms with E-state index in [2.05, 4.69) is 35.4 Å². The number of allylic oxidation sites excluding steroid dienone is 3. The average molecular weight is 410 g/mol. The van der Waals surface area contributed by atoms with Gasteiger partial charge in [0, 0.05) is 24.1 Å². The molecule has 0 radical (unpaired) electrons. The number of ether oxygens (including phenoxy) is 1. The van der Waals surface area contributed by atoms with Gasteiger partial charge >= 0.3 is 0 Å². The minimum absolute atomic E-state index is 0.0114. The maximum atomic E-state index is 11.7. The molecule has 1 aromatic heterocycles. The van der Waals surface area contributed by atoms with Gasteiger partial charge in [-0.2, -0.15) is 0 Å². The highest BCUT2D eigenvalue weighted by atomic mass is 16.5. The third-order valence-corrected chi connectivity index (χ3v) is 4.66. The van der Waals surface area contributed by atoms with Crippen molar-refractivity contribution in [1.29, 1.82) is 0 Å². The van der Waals surface area contributed by atoms with Crippen LogP contribution in [0.2, 0.25) is 0 Å². The van der Waals surface area contributed by atoms with Crippen LogP contribution in [0.5, 0.6) is 5.88 Å². The normalized spacial score (nSPS) is 12.1. The lowest BCUT2D eigenvalue weighted by Crippen LogP contribution is -2.25. The number of aromatic nitrogens is 2. The number of nitrogens with zero attached hydrogens (tertiary/aromatic N) is 2. The third-order valence-electron chi connectivity index (χ3n) is 4.66. The maximum Gasteiger partial charge on any atom is 0.244 e. The number of fused-ring (bicyclic) bond motifs is 1. The second kappa shape index (κ2) is 13.5. The average Bonchev–Trinajstić information content (AvgIpc) is 2.73. The van der Waals surface area contributed by atoms with Crippen molar-refractivity contribution in [1.82, 2.24) is 15.5 Å². The predicted octanol–water partition coefficient (Wildman–Crippen LogP) is 5.62. The molecule has 1 aromatic carbocycles. The summed E-state index contributed by atoms with van der Waals surface area (Å²) >= 11 is 0. The Morgan fingerprint density at radius 2 is 1.87 bits per heavy atom. The number of hydrogen-bond acceptors (Lipinski definition) is 4. The fourth-order valence-electron chi connectivity index (χ4n) is 2.99. The van der Waals surface area contributed by atoms with Crippen LogP contribution in [-0.4, -0.2) is 29.3 Å². The number of nitrogens with one attached hydrogen (secondary N) is 1. The van der Waals surface area contributed by atoms with Gasteiger partial charge in [-0.3, -0.25) is 4.79 Å². The molecule has 1 N–H and O–H groups in total. The smallest absolute Gasteiger partial charge is 0.244 e. The highest BCUT2D eigenvalue weighted by molar-refractivity contribution is 5.88. The lowest BCUT2D eigenvalue weighted by molar-refractivity contribution is -0.116. The molecule has 5 nitrogen and oxygen atoms in total. The minimum atomic E-state index is -0.0114. The van der Waals surface area contributed by atoms with Crippen LogP contribution < -0.4 is 10.1 Å². The molecule has 0 aliphatic heterocycles. The van der Waals surface area contributed by atoms with Crippen molar-refractivity contribution in [2.45, 2.75) is 59.3 Å². The number of carbonyl (C=O) groups excluding carboxylic acids is 1. The first-order valence-electron chi connectivity index (χ1n) is 11.0. The Hall–Kier alpha value is -2.69. The summed E-state index contributed by atoms with van der Waals surface area (Å²) in [5.74, 6) is 1.06. The molecule has 0 aliphatic carbocycles. The molecule has 30 heavy (non-hydrogen) atoms. The SMILES string of the molecule is CC(C=CCCCCCCCOc1cc2ccccc2nn1)=CC(=O)NCC(C)C. The molecule has 0 atom stereocenters. The highest BCUT2D eigenvalue weighted by Gasteiger charge is 2.00. The Morgan fingerprint density at radius 3 is 2.70 bits per heavy atom. The van der Waals surface area contributed by atoms with Gasteiger partial charge in [0.2, 0.25) is 11.8 Å². The third kappa shape index (κ3) is 9.68. The Kier molecular flexibility index (Phi) is 10.6. The summed E-state index contributed by atoms with van der Waals surface area (Å²) in [6, 6.07) is 9.86. The summed E-state index contributed by atoms with van der Waals surface area (Å²) in [6.07, 6.45) is 12.7. The summed E-state index contributed by atoms with van der Waals surface area (Å²) in [7, 11) is 0. The van der Waals surface area contributed by atoms with E-state index in [1.165, 1.54) is 19.3 Å². The summed E-state index contributed by atoms with van der Waals surface area (Å²) < 4.78 is 5.72. The maximum absolute atomic E-state index is 11.7. The Labute approximate surface area is 180 Å². The van der Waals surface area contributed by atoms with Crippen molar-refractivity contribution in [3.63, 3.8) is 0 Å². The lowest BCUT2D eigenvalue weighted by atomic mass is 10.1. The molecule has 2 aromatic rings. The van der Waals surface area contributed by atoms with Crippen LogP contribution in [0.15, 0.2) is 54.1 Å². The largest absolute Gasteiger partial charge is 0.477 e. The van der Waals surface area contributed by atoms with Crippen LogP contribution in [0.1, 0.15) is 59.3 Å². The van der Waals surface area contributed by atoms with Gasteiger partial charge in [-0.1, -0.05) is 63.5 Å². The quantitative estimate of drug-likeness (QED) is 0.265.